The molecule has 1 amide bonds. The Morgan fingerprint density at radius 1 is 0.842 bits per heavy atom. The van der Waals surface area contributed by atoms with E-state index in [9.17, 15) is 18.3 Å². The number of fused-ring (bicyclic) bond motifs is 1. The maximum Gasteiger partial charge on any atom is 0.242 e. The van der Waals surface area contributed by atoms with Crippen LogP contribution in [-0.4, -0.2) is 63.8 Å². The van der Waals surface area contributed by atoms with Gasteiger partial charge in [-0.15, -0.1) is 0 Å². The molecule has 2 heterocycles. The molecule has 11 nitrogen and oxygen atoms in total. The van der Waals surface area contributed by atoms with Crippen molar-refractivity contribution in [2.75, 3.05) is 32.6 Å². The van der Waals surface area contributed by atoms with Gasteiger partial charge in [-0.2, -0.15) is 4.72 Å². The van der Waals surface area contributed by atoms with Crippen LogP contribution in [0.3, 0.4) is 0 Å². The lowest BCUT2D eigenvalue weighted by Crippen LogP contribution is -2.45. The monoisotopic (exact) mass is 791 g/mol. The summed E-state index contributed by atoms with van der Waals surface area (Å²) in [7, 11) is -0.725. The maximum absolute atomic E-state index is 14.0. The van der Waals surface area contributed by atoms with E-state index in [2.05, 4.69) is 27.1 Å². The number of hydrogen-bond donors (Lipinski definition) is 3. The lowest BCUT2D eigenvalue weighted by molar-refractivity contribution is -0.253. The summed E-state index contributed by atoms with van der Waals surface area (Å²) >= 11 is 0. The molecule has 0 aromatic heterocycles. The van der Waals surface area contributed by atoms with Gasteiger partial charge in [0.1, 0.15) is 6.04 Å². The van der Waals surface area contributed by atoms with Crippen LogP contribution in [0.4, 0.5) is 5.69 Å². The van der Waals surface area contributed by atoms with Gasteiger partial charge >= 0.3 is 0 Å². The van der Waals surface area contributed by atoms with E-state index in [-0.39, 0.29) is 30.1 Å². The summed E-state index contributed by atoms with van der Waals surface area (Å²) in [5, 5.41) is 12.6. The van der Waals surface area contributed by atoms with E-state index in [4.69, 9.17) is 18.9 Å². The zero-order valence-electron chi connectivity index (χ0n) is 32.4. The topological polar surface area (TPSA) is 136 Å². The van der Waals surface area contributed by atoms with Crippen molar-refractivity contribution < 1.29 is 37.3 Å². The molecule has 2 aliphatic rings. The van der Waals surface area contributed by atoms with Crippen molar-refractivity contribution in [2.24, 2.45) is 0 Å². The third-order valence-corrected chi connectivity index (χ3v) is 12.0. The fourth-order valence-corrected chi connectivity index (χ4v) is 8.62. The number of anilines is 1. The number of ether oxygens (including phenoxy) is 4. The molecule has 1 saturated heterocycles. The molecule has 4 atom stereocenters. The van der Waals surface area contributed by atoms with Gasteiger partial charge in [-0.05, 0) is 84.0 Å². The van der Waals surface area contributed by atoms with Gasteiger partial charge in [-0.1, -0.05) is 84.4 Å². The van der Waals surface area contributed by atoms with Gasteiger partial charge in [-0.25, -0.2) is 8.42 Å². The molecule has 2 aliphatic heterocycles. The number of sulfonamides is 1. The number of benzene rings is 5. The zero-order valence-corrected chi connectivity index (χ0v) is 33.2. The quantitative estimate of drug-likeness (QED) is 0.113. The van der Waals surface area contributed by atoms with Crippen molar-refractivity contribution in [3.05, 3.63) is 154 Å². The highest BCUT2D eigenvalue weighted by atomic mass is 32.2. The number of carbonyl (C=O) groups is 1. The Hall–Kier alpha value is -5.08. The second-order valence-electron chi connectivity index (χ2n) is 14.6. The number of aliphatic hydroxyl groups is 1. The molecule has 4 unspecified atom stereocenters. The number of nitrogens with zero attached hydrogens (tertiary/aromatic N) is 1. The third-order valence-electron chi connectivity index (χ3n) is 10.5. The number of methoxy groups -OCH3 is 2. The number of aliphatic hydroxyl groups excluding tert-OH is 1. The third kappa shape index (κ3) is 9.90. The molecule has 12 heteroatoms. The molecule has 5 aromatic rings. The standard InChI is InChI=1S/C45H49N3O8S/c1-30-12-18-39(19-13-30)57(51,52)47-40(22-31-8-5-4-6-9-31)44(50)46-37-11-7-10-35(23-37)45-55-38(26-41(56-45)33-16-14-32(29-49)15-17-33)28-48-21-20-34-24-42(53-2)43(54-3)25-36(34)27-48/h4-19,23-25,38,40-41,45,47,49H,20-22,26-29H2,1-3H3,(H,46,50). The second-order valence-corrected chi connectivity index (χ2v) is 16.3. The van der Waals surface area contributed by atoms with Crippen molar-refractivity contribution in [1.29, 1.82) is 0 Å². The zero-order chi connectivity index (χ0) is 39.9. The van der Waals surface area contributed by atoms with Crippen LogP contribution < -0.4 is 19.5 Å². The minimum atomic E-state index is -4.02. The Bertz CT molecular complexity index is 2250. The minimum Gasteiger partial charge on any atom is -0.493 e. The highest BCUT2D eigenvalue weighted by Gasteiger charge is 2.34. The average Bonchev–Trinajstić information content (AvgIpc) is 3.23. The Balaban J connectivity index is 1.11. The predicted molar refractivity (Wildman–Crippen MR) is 217 cm³/mol. The number of rotatable bonds is 14. The normalized spacial score (nSPS) is 19.0. The maximum atomic E-state index is 14.0. The number of nitrogens with one attached hydrogen (secondary N) is 2. The summed E-state index contributed by atoms with van der Waals surface area (Å²) < 4.78 is 54.1. The van der Waals surface area contributed by atoms with Crippen LogP contribution in [0.5, 0.6) is 11.5 Å². The first-order chi connectivity index (χ1) is 27.6. The summed E-state index contributed by atoms with van der Waals surface area (Å²) in [6.45, 7) is 4.08. The fourth-order valence-electron chi connectivity index (χ4n) is 7.42. The fraction of sp³-hybridized carbons (Fsp3) is 0.311. The van der Waals surface area contributed by atoms with E-state index >= 15 is 0 Å². The van der Waals surface area contributed by atoms with E-state index in [1.54, 1.807) is 32.4 Å². The molecule has 0 radical (unpaired) electrons. The van der Waals surface area contributed by atoms with Crippen LogP contribution in [0.1, 0.15) is 57.8 Å². The van der Waals surface area contributed by atoms with E-state index in [0.29, 0.717) is 30.0 Å². The van der Waals surface area contributed by atoms with Crippen molar-refractivity contribution in [3.8, 4) is 11.5 Å². The average molecular weight is 792 g/mol. The van der Waals surface area contributed by atoms with Crippen molar-refractivity contribution in [3.63, 3.8) is 0 Å². The molecule has 0 aliphatic carbocycles. The highest BCUT2D eigenvalue weighted by Crippen LogP contribution is 2.40. The molecule has 5 aromatic carbocycles. The first-order valence-electron chi connectivity index (χ1n) is 19.1. The van der Waals surface area contributed by atoms with Crippen molar-refractivity contribution >= 4 is 21.6 Å². The van der Waals surface area contributed by atoms with Gasteiger partial charge in [0.05, 0.1) is 37.9 Å². The molecule has 57 heavy (non-hydrogen) atoms. The van der Waals surface area contributed by atoms with Gasteiger partial charge in [-0.3, -0.25) is 9.69 Å². The lowest BCUT2D eigenvalue weighted by atomic mass is 9.97. The summed E-state index contributed by atoms with van der Waals surface area (Å²) in [5.74, 6) is 0.925. The molecular formula is C45H49N3O8S. The lowest BCUT2D eigenvalue weighted by Gasteiger charge is -2.39. The Morgan fingerprint density at radius 3 is 2.26 bits per heavy atom. The van der Waals surface area contributed by atoms with Crippen LogP contribution in [0.25, 0.3) is 0 Å². The van der Waals surface area contributed by atoms with Gasteiger partial charge in [0.25, 0.3) is 0 Å². The minimum absolute atomic E-state index is 0.0502. The van der Waals surface area contributed by atoms with E-state index < -0.39 is 28.3 Å². The summed E-state index contributed by atoms with van der Waals surface area (Å²) in [6.07, 6.45) is 0.368. The smallest absolute Gasteiger partial charge is 0.242 e. The van der Waals surface area contributed by atoms with Crippen molar-refractivity contribution in [1.82, 2.24) is 9.62 Å². The number of carbonyl (C=O) groups excluding carboxylic acids is 1. The van der Waals surface area contributed by atoms with Crippen LogP contribution >= 0.6 is 0 Å². The Kier molecular flexibility index (Phi) is 12.7. The molecule has 7 rings (SSSR count). The molecule has 3 N–H and O–H groups in total. The van der Waals surface area contributed by atoms with Crippen LogP contribution in [0.2, 0.25) is 0 Å². The van der Waals surface area contributed by atoms with Crippen molar-refractivity contribution in [2.45, 2.75) is 68.8 Å². The van der Waals surface area contributed by atoms with Gasteiger partial charge < -0.3 is 29.4 Å². The van der Waals surface area contributed by atoms with E-state index in [0.717, 1.165) is 47.5 Å². The van der Waals surface area contributed by atoms with Gasteiger partial charge in [0.15, 0.2) is 17.8 Å². The van der Waals surface area contributed by atoms with Gasteiger partial charge in [0.2, 0.25) is 15.9 Å². The molecule has 0 bridgehead atoms. The summed E-state index contributed by atoms with van der Waals surface area (Å²) in [4.78, 5) is 16.4. The van der Waals surface area contributed by atoms with E-state index in [1.807, 2.05) is 79.7 Å². The molecular weight excluding hydrogens is 743 g/mol. The number of hydrogen-bond acceptors (Lipinski definition) is 9. The Labute approximate surface area is 334 Å². The molecule has 0 saturated carbocycles. The second kappa shape index (κ2) is 18.0. The van der Waals surface area contributed by atoms with Crippen LogP contribution in [0, 0.1) is 6.92 Å². The molecule has 0 spiro atoms. The highest BCUT2D eigenvalue weighted by molar-refractivity contribution is 7.89. The number of amides is 1. The molecule has 298 valence electrons. The molecule has 1 fully saturated rings. The number of aryl methyl sites for hydroxylation is 1. The van der Waals surface area contributed by atoms with Crippen LogP contribution in [0.15, 0.2) is 120 Å². The Morgan fingerprint density at radius 2 is 1.56 bits per heavy atom. The van der Waals surface area contributed by atoms with E-state index in [1.165, 1.54) is 23.3 Å². The predicted octanol–water partition coefficient (Wildman–Crippen LogP) is 6.64. The SMILES string of the molecule is COc1cc2c(cc1OC)CN(CC1CC(c3ccc(CO)cc3)OC(c3cccc(NC(=O)C(Cc4ccccc4)NS(=O)(=O)c4ccc(C)cc4)c3)O1)CC2. The first kappa shape index (κ1) is 40.1. The van der Waals surface area contributed by atoms with Crippen LogP contribution in [-0.2, 0) is 50.3 Å². The largest absolute Gasteiger partial charge is 0.493 e. The first-order valence-corrected chi connectivity index (χ1v) is 20.6. The van der Waals surface area contributed by atoms with Gasteiger partial charge in [0, 0.05) is 37.3 Å². The summed E-state index contributed by atoms with van der Waals surface area (Å²) in [6, 6.07) is 33.9. The summed E-state index contributed by atoms with van der Waals surface area (Å²) in [5.41, 5.74) is 7.12.